The number of nitrogens with zero attached hydrogens (tertiary/aromatic N) is 1. The largest absolute Gasteiger partial charge is 0.494 e. The average molecular weight is 369 g/mol. The Kier molecular flexibility index (Phi) is 5.48. The molecule has 0 saturated carbocycles. The Labute approximate surface area is 155 Å². The zero-order valence-electron chi connectivity index (χ0n) is 14.5. The lowest BCUT2D eigenvalue weighted by Crippen LogP contribution is -2.11. The monoisotopic (exact) mass is 369 g/mol. The van der Waals surface area contributed by atoms with Gasteiger partial charge in [0.2, 0.25) is 5.91 Å². The van der Waals surface area contributed by atoms with Crippen LogP contribution < -0.4 is 15.4 Å². The smallest absolute Gasteiger partial charge is 0.257 e. The summed E-state index contributed by atoms with van der Waals surface area (Å²) < 4.78 is 6.40. The lowest BCUT2D eigenvalue weighted by atomic mass is 10.2. The van der Waals surface area contributed by atoms with Gasteiger partial charge >= 0.3 is 0 Å². The van der Waals surface area contributed by atoms with Gasteiger partial charge < -0.3 is 10.1 Å². The summed E-state index contributed by atoms with van der Waals surface area (Å²) in [4.78, 5) is 27.9. The normalized spacial score (nSPS) is 10.5. The maximum absolute atomic E-state index is 12.4. The number of amides is 2. The molecule has 26 heavy (non-hydrogen) atoms. The van der Waals surface area contributed by atoms with Gasteiger partial charge in [0.25, 0.3) is 5.91 Å². The van der Waals surface area contributed by atoms with Crippen molar-refractivity contribution in [3.05, 3.63) is 48.0 Å². The van der Waals surface area contributed by atoms with Crippen LogP contribution >= 0.6 is 11.3 Å². The van der Waals surface area contributed by atoms with E-state index < -0.39 is 0 Å². The minimum absolute atomic E-state index is 0.131. The first-order valence-electron chi connectivity index (χ1n) is 8.27. The van der Waals surface area contributed by atoms with E-state index in [1.165, 1.54) is 18.3 Å². The number of nitrogens with one attached hydrogen (secondary N) is 2. The van der Waals surface area contributed by atoms with Crippen LogP contribution in [0.1, 0.15) is 30.6 Å². The molecule has 134 valence electrons. The van der Waals surface area contributed by atoms with E-state index in [0.29, 0.717) is 23.0 Å². The van der Waals surface area contributed by atoms with E-state index in [9.17, 15) is 9.59 Å². The second-order valence-corrected chi connectivity index (χ2v) is 6.74. The van der Waals surface area contributed by atoms with E-state index in [2.05, 4.69) is 15.6 Å². The third-order valence-corrected chi connectivity index (χ3v) is 4.45. The third kappa shape index (κ3) is 4.37. The Morgan fingerprint density at radius 1 is 1.12 bits per heavy atom. The van der Waals surface area contributed by atoms with Gasteiger partial charge in [0, 0.05) is 18.2 Å². The Morgan fingerprint density at radius 2 is 1.88 bits per heavy atom. The molecule has 0 bridgehead atoms. The van der Waals surface area contributed by atoms with Crippen LogP contribution in [0.4, 0.5) is 10.8 Å². The Hall–Kier alpha value is -2.93. The molecule has 0 aliphatic heterocycles. The van der Waals surface area contributed by atoms with Crippen molar-refractivity contribution in [1.29, 1.82) is 0 Å². The molecule has 0 spiro atoms. The maximum atomic E-state index is 12.4. The summed E-state index contributed by atoms with van der Waals surface area (Å²) in [5.41, 5.74) is 2.00. The number of rotatable bonds is 6. The number of thiazole rings is 1. The first-order valence-corrected chi connectivity index (χ1v) is 9.09. The highest BCUT2D eigenvalue weighted by Crippen LogP contribution is 2.28. The summed E-state index contributed by atoms with van der Waals surface area (Å²) in [5.74, 6) is 0.385. The highest BCUT2D eigenvalue weighted by atomic mass is 32.1. The van der Waals surface area contributed by atoms with Crippen LogP contribution in [0.2, 0.25) is 0 Å². The number of benzene rings is 2. The van der Waals surface area contributed by atoms with Gasteiger partial charge in [-0.15, -0.1) is 0 Å². The van der Waals surface area contributed by atoms with Crippen molar-refractivity contribution >= 4 is 44.2 Å². The van der Waals surface area contributed by atoms with E-state index in [4.69, 9.17) is 4.74 Å². The number of hydrogen-bond donors (Lipinski definition) is 2. The molecular formula is C19H19N3O3S. The van der Waals surface area contributed by atoms with Crippen LogP contribution in [0.25, 0.3) is 10.2 Å². The van der Waals surface area contributed by atoms with E-state index >= 15 is 0 Å². The van der Waals surface area contributed by atoms with Gasteiger partial charge in [0.1, 0.15) is 5.75 Å². The second-order valence-electron chi connectivity index (χ2n) is 5.71. The molecule has 2 amide bonds. The van der Waals surface area contributed by atoms with Crippen molar-refractivity contribution in [1.82, 2.24) is 4.98 Å². The van der Waals surface area contributed by atoms with Gasteiger partial charge in [0.05, 0.1) is 16.8 Å². The van der Waals surface area contributed by atoms with Crippen LogP contribution in [-0.2, 0) is 4.79 Å². The number of carbonyl (C=O) groups is 2. The fourth-order valence-corrected chi connectivity index (χ4v) is 3.25. The third-order valence-electron chi connectivity index (χ3n) is 3.52. The Balaban J connectivity index is 1.71. The summed E-state index contributed by atoms with van der Waals surface area (Å²) in [7, 11) is 0. The summed E-state index contributed by atoms with van der Waals surface area (Å²) in [6, 6.07) is 12.4. The fourth-order valence-electron chi connectivity index (χ4n) is 2.35. The molecule has 0 fully saturated rings. The molecule has 7 heteroatoms. The SMILES string of the molecule is CCCOc1ccc(C(=O)Nc2nc3ccc(NC(C)=O)cc3s2)cc1. The molecule has 3 aromatic rings. The molecule has 0 aliphatic rings. The molecule has 0 aliphatic carbocycles. The molecule has 2 aromatic carbocycles. The molecule has 0 atom stereocenters. The van der Waals surface area contributed by atoms with Crippen LogP contribution in [-0.4, -0.2) is 23.4 Å². The van der Waals surface area contributed by atoms with Crippen molar-refractivity contribution in [2.24, 2.45) is 0 Å². The maximum Gasteiger partial charge on any atom is 0.257 e. The zero-order chi connectivity index (χ0) is 18.5. The van der Waals surface area contributed by atoms with E-state index in [0.717, 1.165) is 22.4 Å². The van der Waals surface area contributed by atoms with Gasteiger partial charge in [0.15, 0.2) is 5.13 Å². The van der Waals surface area contributed by atoms with E-state index in [-0.39, 0.29) is 11.8 Å². The van der Waals surface area contributed by atoms with Crippen LogP contribution in [0, 0.1) is 0 Å². The number of anilines is 2. The number of ether oxygens (including phenoxy) is 1. The average Bonchev–Trinajstić information content (AvgIpc) is 3.01. The second kappa shape index (κ2) is 7.97. The molecule has 6 nitrogen and oxygen atoms in total. The predicted molar refractivity (Wildman–Crippen MR) is 104 cm³/mol. The molecule has 2 N–H and O–H groups in total. The first-order chi connectivity index (χ1) is 12.5. The molecule has 1 heterocycles. The highest BCUT2D eigenvalue weighted by molar-refractivity contribution is 7.22. The van der Waals surface area contributed by atoms with E-state index in [1.807, 2.05) is 19.1 Å². The highest BCUT2D eigenvalue weighted by Gasteiger charge is 2.11. The summed E-state index contributed by atoms with van der Waals surface area (Å²) in [6.07, 6.45) is 0.934. The Bertz CT molecular complexity index is 935. The number of fused-ring (bicyclic) bond motifs is 1. The van der Waals surface area contributed by atoms with Gasteiger partial charge in [-0.2, -0.15) is 0 Å². The topological polar surface area (TPSA) is 80.3 Å². The minimum Gasteiger partial charge on any atom is -0.494 e. The van der Waals surface area contributed by atoms with Crippen molar-refractivity contribution in [2.45, 2.75) is 20.3 Å². The zero-order valence-corrected chi connectivity index (χ0v) is 15.4. The molecular weight excluding hydrogens is 350 g/mol. The van der Waals surface area contributed by atoms with Crippen molar-refractivity contribution in [3.63, 3.8) is 0 Å². The van der Waals surface area contributed by atoms with Crippen LogP contribution in [0.5, 0.6) is 5.75 Å². The van der Waals surface area contributed by atoms with Crippen molar-refractivity contribution < 1.29 is 14.3 Å². The molecule has 3 rings (SSSR count). The number of carbonyl (C=O) groups excluding carboxylic acids is 2. The van der Waals surface area contributed by atoms with Gasteiger partial charge in [-0.3, -0.25) is 14.9 Å². The lowest BCUT2D eigenvalue weighted by Gasteiger charge is -2.05. The van der Waals surface area contributed by atoms with Crippen LogP contribution in [0.3, 0.4) is 0 Å². The summed E-state index contributed by atoms with van der Waals surface area (Å²) in [6.45, 7) is 4.15. The minimum atomic E-state index is -0.229. The molecule has 0 unspecified atom stereocenters. The van der Waals surface area contributed by atoms with Gasteiger partial charge in [-0.05, 0) is 48.9 Å². The number of hydrogen-bond acceptors (Lipinski definition) is 5. The van der Waals surface area contributed by atoms with E-state index in [1.54, 1.807) is 30.3 Å². The molecule has 0 radical (unpaired) electrons. The van der Waals surface area contributed by atoms with Crippen LogP contribution in [0.15, 0.2) is 42.5 Å². The lowest BCUT2D eigenvalue weighted by molar-refractivity contribution is -0.114. The molecule has 0 saturated heterocycles. The molecule has 1 aromatic heterocycles. The van der Waals surface area contributed by atoms with Crippen molar-refractivity contribution in [3.8, 4) is 5.75 Å². The number of aromatic nitrogens is 1. The first kappa shape index (κ1) is 17.9. The van der Waals surface area contributed by atoms with Crippen molar-refractivity contribution in [2.75, 3.05) is 17.2 Å². The predicted octanol–water partition coefficient (Wildman–Crippen LogP) is 4.30. The quantitative estimate of drug-likeness (QED) is 0.679. The van der Waals surface area contributed by atoms with Gasteiger partial charge in [-0.1, -0.05) is 18.3 Å². The summed E-state index contributed by atoms with van der Waals surface area (Å²) in [5, 5.41) is 6.05. The Morgan fingerprint density at radius 3 is 2.58 bits per heavy atom. The summed E-state index contributed by atoms with van der Waals surface area (Å²) >= 11 is 1.36. The fraction of sp³-hybridized carbons (Fsp3) is 0.211. The van der Waals surface area contributed by atoms with Gasteiger partial charge in [-0.25, -0.2) is 4.98 Å². The standard InChI is InChI=1S/C19H19N3O3S/c1-3-10-25-15-7-4-13(5-8-15)18(24)22-19-21-16-9-6-14(20-12(2)23)11-17(16)26-19/h4-9,11H,3,10H2,1-2H3,(H,20,23)(H,21,22,24).